The number of rotatable bonds is 7. The number of guanidine groups is 1. The van der Waals surface area contributed by atoms with Crippen molar-refractivity contribution in [3.8, 4) is 0 Å². The normalized spacial score (nSPS) is 17.7. The van der Waals surface area contributed by atoms with Gasteiger partial charge in [0, 0.05) is 53.3 Å². The van der Waals surface area contributed by atoms with Gasteiger partial charge >= 0.3 is 0 Å². The molecule has 22 heavy (non-hydrogen) atoms. The molecule has 0 saturated heterocycles. The molecular formula is C17H30N4O. The molecule has 2 rings (SSSR count). The van der Waals surface area contributed by atoms with Crippen LogP contribution in [0.15, 0.2) is 23.5 Å². The molecule has 1 aromatic heterocycles. The number of hydrogen-bond donors (Lipinski definition) is 2. The van der Waals surface area contributed by atoms with Gasteiger partial charge in [-0.1, -0.05) is 12.8 Å². The molecule has 0 unspecified atom stereocenters. The molecule has 5 heteroatoms. The molecule has 1 heterocycles. The van der Waals surface area contributed by atoms with Gasteiger partial charge in [0.1, 0.15) is 0 Å². The number of hydrogen-bond acceptors (Lipinski definition) is 2. The van der Waals surface area contributed by atoms with E-state index in [1.165, 1.54) is 31.2 Å². The molecule has 1 aliphatic carbocycles. The molecule has 5 nitrogen and oxygen atoms in total. The molecule has 2 N–H and O–H groups in total. The Bertz CT molecular complexity index is 475. The number of nitrogens with one attached hydrogen (secondary N) is 2. The molecule has 1 aromatic rings. The summed E-state index contributed by atoms with van der Waals surface area (Å²) in [6.07, 6.45) is 10.6. The number of aryl methyl sites for hydroxylation is 1. The van der Waals surface area contributed by atoms with E-state index in [9.17, 15) is 0 Å². The minimum atomic E-state index is 0.375. The van der Waals surface area contributed by atoms with E-state index in [1.54, 1.807) is 7.11 Å². The van der Waals surface area contributed by atoms with Crippen LogP contribution in [0.2, 0.25) is 0 Å². The maximum Gasteiger partial charge on any atom is 0.191 e. The van der Waals surface area contributed by atoms with Gasteiger partial charge in [-0.05, 0) is 36.3 Å². The lowest BCUT2D eigenvalue weighted by Gasteiger charge is -2.29. The Morgan fingerprint density at radius 1 is 1.36 bits per heavy atom. The van der Waals surface area contributed by atoms with Gasteiger partial charge in [-0.2, -0.15) is 0 Å². The molecular weight excluding hydrogens is 276 g/mol. The van der Waals surface area contributed by atoms with E-state index in [2.05, 4.69) is 38.7 Å². The van der Waals surface area contributed by atoms with Crippen LogP contribution in [0.4, 0.5) is 0 Å². The summed E-state index contributed by atoms with van der Waals surface area (Å²) in [7, 11) is 5.66. The fourth-order valence-electron chi connectivity index (χ4n) is 3.30. The Morgan fingerprint density at radius 3 is 2.73 bits per heavy atom. The van der Waals surface area contributed by atoms with Gasteiger partial charge in [0.2, 0.25) is 0 Å². The average molecular weight is 306 g/mol. The summed E-state index contributed by atoms with van der Waals surface area (Å²) in [5.74, 6) is 0.882. The van der Waals surface area contributed by atoms with Crippen molar-refractivity contribution < 1.29 is 4.74 Å². The highest BCUT2D eigenvalue weighted by Crippen LogP contribution is 2.40. The molecule has 0 radical (unpaired) electrons. The Hall–Kier alpha value is -1.49. The lowest BCUT2D eigenvalue weighted by Crippen LogP contribution is -2.43. The van der Waals surface area contributed by atoms with Gasteiger partial charge in [-0.25, -0.2) is 0 Å². The molecule has 0 aromatic carbocycles. The van der Waals surface area contributed by atoms with Crippen LogP contribution < -0.4 is 10.6 Å². The van der Waals surface area contributed by atoms with Crippen LogP contribution >= 0.6 is 0 Å². The fourth-order valence-corrected chi connectivity index (χ4v) is 3.30. The summed E-state index contributed by atoms with van der Waals surface area (Å²) in [5.41, 5.74) is 1.64. The summed E-state index contributed by atoms with van der Waals surface area (Å²) >= 11 is 0. The van der Waals surface area contributed by atoms with Crippen LogP contribution in [0.3, 0.4) is 0 Å². The summed E-state index contributed by atoms with van der Waals surface area (Å²) < 4.78 is 7.35. The van der Waals surface area contributed by atoms with Gasteiger partial charge in [0.15, 0.2) is 5.96 Å². The number of aromatic nitrogens is 1. The second kappa shape index (κ2) is 8.22. The highest BCUT2D eigenvalue weighted by Gasteiger charge is 2.33. The largest absolute Gasteiger partial charge is 0.385 e. The van der Waals surface area contributed by atoms with Crippen LogP contribution in [-0.2, 0) is 18.3 Å². The minimum Gasteiger partial charge on any atom is -0.385 e. The van der Waals surface area contributed by atoms with E-state index >= 15 is 0 Å². The Labute approximate surface area is 134 Å². The van der Waals surface area contributed by atoms with Crippen molar-refractivity contribution in [3.63, 3.8) is 0 Å². The molecule has 1 aliphatic rings. The van der Waals surface area contributed by atoms with Crippen LogP contribution in [0.1, 0.15) is 37.7 Å². The summed E-state index contributed by atoms with van der Waals surface area (Å²) in [5, 5.41) is 6.91. The van der Waals surface area contributed by atoms with Crippen LogP contribution in [0, 0.1) is 5.41 Å². The summed E-state index contributed by atoms with van der Waals surface area (Å²) in [6, 6.07) is 2.12. The van der Waals surface area contributed by atoms with E-state index in [0.717, 1.165) is 32.1 Å². The molecule has 0 spiro atoms. The smallest absolute Gasteiger partial charge is 0.191 e. The number of nitrogens with zero attached hydrogens (tertiary/aromatic N) is 2. The molecule has 124 valence electrons. The maximum absolute atomic E-state index is 5.29. The van der Waals surface area contributed by atoms with Gasteiger partial charge in [-0.3, -0.25) is 4.99 Å². The zero-order valence-corrected chi connectivity index (χ0v) is 14.2. The zero-order chi connectivity index (χ0) is 15.8. The first-order chi connectivity index (χ1) is 10.7. The zero-order valence-electron chi connectivity index (χ0n) is 14.2. The SMILES string of the molecule is CN=C(NCc1ccn(C)c1)NCC1(CCOC)CCCC1. The first-order valence-electron chi connectivity index (χ1n) is 8.22. The predicted octanol–water partition coefficient (Wildman–Crippen LogP) is 2.29. The predicted molar refractivity (Wildman–Crippen MR) is 91.0 cm³/mol. The van der Waals surface area contributed by atoms with Gasteiger partial charge in [0.25, 0.3) is 0 Å². The van der Waals surface area contributed by atoms with Crippen molar-refractivity contribution in [1.29, 1.82) is 0 Å². The van der Waals surface area contributed by atoms with Crippen molar-refractivity contribution in [2.45, 2.75) is 38.6 Å². The lowest BCUT2D eigenvalue weighted by atomic mass is 9.83. The van der Waals surface area contributed by atoms with Crippen molar-refractivity contribution in [1.82, 2.24) is 15.2 Å². The number of ether oxygens (including phenoxy) is 1. The van der Waals surface area contributed by atoms with Crippen molar-refractivity contribution >= 4 is 5.96 Å². The Kier molecular flexibility index (Phi) is 6.31. The third kappa shape index (κ3) is 4.77. The lowest BCUT2D eigenvalue weighted by molar-refractivity contribution is 0.138. The van der Waals surface area contributed by atoms with Crippen molar-refractivity contribution in [3.05, 3.63) is 24.0 Å². The van der Waals surface area contributed by atoms with E-state index < -0.39 is 0 Å². The second-order valence-electron chi connectivity index (χ2n) is 6.41. The monoisotopic (exact) mass is 306 g/mol. The fraction of sp³-hybridized carbons (Fsp3) is 0.706. The summed E-state index contributed by atoms with van der Waals surface area (Å²) in [4.78, 5) is 4.34. The third-order valence-corrected chi connectivity index (χ3v) is 4.71. The Morgan fingerprint density at radius 2 is 2.14 bits per heavy atom. The quantitative estimate of drug-likeness (QED) is 0.600. The molecule has 0 bridgehead atoms. The molecule has 1 saturated carbocycles. The molecule has 0 atom stereocenters. The van der Waals surface area contributed by atoms with Crippen molar-refractivity contribution in [2.75, 3.05) is 27.3 Å². The number of methoxy groups -OCH3 is 1. The highest BCUT2D eigenvalue weighted by molar-refractivity contribution is 5.79. The van der Waals surface area contributed by atoms with E-state index in [4.69, 9.17) is 4.74 Å². The first kappa shape index (κ1) is 16.9. The van der Waals surface area contributed by atoms with Crippen LogP contribution in [-0.4, -0.2) is 37.8 Å². The van der Waals surface area contributed by atoms with Gasteiger partial charge in [-0.15, -0.1) is 0 Å². The van der Waals surface area contributed by atoms with Crippen molar-refractivity contribution in [2.24, 2.45) is 17.5 Å². The van der Waals surface area contributed by atoms with Crippen LogP contribution in [0.5, 0.6) is 0 Å². The topological polar surface area (TPSA) is 50.6 Å². The van der Waals surface area contributed by atoms with E-state index in [-0.39, 0.29) is 0 Å². The Balaban J connectivity index is 1.81. The second-order valence-corrected chi connectivity index (χ2v) is 6.41. The van der Waals surface area contributed by atoms with E-state index in [0.29, 0.717) is 5.41 Å². The molecule has 0 aliphatic heterocycles. The third-order valence-electron chi connectivity index (χ3n) is 4.71. The number of aliphatic imine (C=N–C) groups is 1. The molecule has 0 amide bonds. The van der Waals surface area contributed by atoms with Crippen LogP contribution in [0.25, 0.3) is 0 Å². The maximum atomic E-state index is 5.29. The minimum absolute atomic E-state index is 0.375. The van der Waals surface area contributed by atoms with E-state index in [1.807, 2.05) is 14.1 Å². The summed E-state index contributed by atoms with van der Waals surface area (Å²) in [6.45, 7) is 2.62. The highest BCUT2D eigenvalue weighted by atomic mass is 16.5. The van der Waals surface area contributed by atoms with Gasteiger partial charge < -0.3 is 19.9 Å². The standard InChI is InChI=1S/C17H30N4O/c1-18-16(19-12-15-6-10-21(2)13-15)20-14-17(9-11-22-3)7-4-5-8-17/h6,10,13H,4-5,7-9,11-12,14H2,1-3H3,(H2,18,19,20). The first-order valence-corrected chi connectivity index (χ1v) is 8.22. The molecule has 1 fully saturated rings. The van der Waals surface area contributed by atoms with Gasteiger partial charge in [0.05, 0.1) is 0 Å². The average Bonchev–Trinajstić information content (AvgIpc) is 3.15.